The van der Waals surface area contributed by atoms with Gasteiger partial charge in [0.15, 0.2) is 0 Å². The first-order valence-corrected chi connectivity index (χ1v) is 15.1. The maximum atomic E-state index is 13.3. The van der Waals surface area contributed by atoms with E-state index in [4.69, 9.17) is 9.97 Å². The van der Waals surface area contributed by atoms with Gasteiger partial charge in [-0.05, 0) is 61.8 Å². The highest BCUT2D eigenvalue weighted by Crippen LogP contribution is 2.32. The number of hydrogen-bond acceptors (Lipinski definition) is 7. The van der Waals surface area contributed by atoms with Gasteiger partial charge in [-0.2, -0.15) is 4.98 Å². The zero-order valence-corrected chi connectivity index (χ0v) is 24.0. The quantitative estimate of drug-likeness (QED) is 0.301. The Morgan fingerprint density at radius 3 is 2.10 bits per heavy atom. The summed E-state index contributed by atoms with van der Waals surface area (Å²) >= 11 is 0. The topological polar surface area (TPSA) is 90.5 Å². The predicted molar refractivity (Wildman–Crippen MR) is 161 cm³/mol. The number of benzene rings is 3. The highest BCUT2D eigenvalue weighted by atomic mass is 32.2. The van der Waals surface area contributed by atoms with Gasteiger partial charge in [0.1, 0.15) is 5.82 Å². The minimum absolute atomic E-state index is 0.334. The Hall–Kier alpha value is -3.43. The molecule has 1 heterocycles. The highest BCUT2D eigenvalue weighted by Gasteiger charge is 2.25. The van der Waals surface area contributed by atoms with Crippen molar-refractivity contribution in [3.63, 3.8) is 0 Å². The zero-order valence-electron chi connectivity index (χ0n) is 23.2. The molecule has 1 fully saturated rings. The van der Waals surface area contributed by atoms with Gasteiger partial charge in [0.25, 0.3) is 0 Å². The zero-order chi connectivity index (χ0) is 27.6. The van der Waals surface area contributed by atoms with Crippen molar-refractivity contribution in [1.29, 1.82) is 0 Å². The van der Waals surface area contributed by atoms with Crippen molar-refractivity contribution < 1.29 is 8.42 Å². The molecule has 0 spiro atoms. The Bertz CT molecular complexity index is 1560. The molecule has 206 valence electrons. The maximum Gasteiger partial charge on any atom is 0.241 e. The molecule has 1 aliphatic rings. The molecular weight excluding hydrogens is 508 g/mol. The van der Waals surface area contributed by atoms with Gasteiger partial charge in [0.2, 0.25) is 16.0 Å². The van der Waals surface area contributed by atoms with Crippen LogP contribution in [-0.4, -0.2) is 59.7 Å². The summed E-state index contributed by atoms with van der Waals surface area (Å²) in [6.45, 7) is 1.28. The third-order valence-corrected chi connectivity index (χ3v) is 9.20. The van der Waals surface area contributed by atoms with Gasteiger partial charge in [0.05, 0.1) is 10.4 Å². The van der Waals surface area contributed by atoms with E-state index >= 15 is 0 Å². The number of nitrogens with zero attached hydrogens (tertiary/aromatic N) is 4. The van der Waals surface area contributed by atoms with E-state index in [1.807, 2.05) is 92.6 Å². The van der Waals surface area contributed by atoms with E-state index < -0.39 is 10.0 Å². The van der Waals surface area contributed by atoms with Crippen molar-refractivity contribution in [3.05, 3.63) is 60.7 Å². The molecule has 0 unspecified atom stereocenters. The second-order valence-electron chi connectivity index (χ2n) is 10.9. The Morgan fingerprint density at radius 1 is 0.744 bits per heavy atom. The lowest BCUT2D eigenvalue weighted by Crippen LogP contribution is -2.32. The van der Waals surface area contributed by atoms with Gasteiger partial charge in [0, 0.05) is 63.1 Å². The first-order valence-electron chi connectivity index (χ1n) is 13.6. The third kappa shape index (κ3) is 5.94. The summed E-state index contributed by atoms with van der Waals surface area (Å²) in [7, 11) is 4.31. The lowest BCUT2D eigenvalue weighted by molar-refractivity contribution is 0.284. The molecule has 0 saturated heterocycles. The second kappa shape index (κ2) is 11.4. The number of fused-ring (bicyclic) bond motifs is 2. The third-order valence-electron chi connectivity index (χ3n) is 7.71. The van der Waals surface area contributed by atoms with Crippen molar-refractivity contribution in [2.75, 3.05) is 56.4 Å². The normalized spacial score (nSPS) is 17.8. The van der Waals surface area contributed by atoms with E-state index in [9.17, 15) is 8.42 Å². The molecule has 0 amide bonds. The van der Waals surface area contributed by atoms with Crippen molar-refractivity contribution in [3.8, 4) is 0 Å². The molecular formula is C30H38N6O2S. The smallest absolute Gasteiger partial charge is 0.241 e. The molecule has 3 aromatic carbocycles. The first kappa shape index (κ1) is 27.1. The van der Waals surface area contributed by atoms with Crippen molar-refractivity contribution >= 4 is 49.2 Å². The molecule has 5 rings (SSSR count). The molecule has 4 aromatic rings. The van der Waals surface area contributed by atoms with Gasteiger partial charge >= 0.3 is 0 Å². The molecule has 39 heavy (non-hydrogen) atoms. The van der Waals surface area contributed by atoms with Crippen LogP contribution in [-0.2, 0) is 10.0 Å². The van der Waals surface area contributed by atoms with Crippen LogP contribution in [0.4, 0.5) is 17.5 Å². The Balaban J connectivity index is 1.17. The molecule has 2 N–H and O–H groups in total. The molecule has 0 atom stereocenters. The van der Waals surface area contributed by atoms with E-state index in [1.54, 1.807) is 6.07 Å². The molecule has 0 bridgehead atoms. The number of aromatic nitrogens is 2. The van der Waals surface area contributed by atoms with E-state index in [1.165, 1.54) is 0 Å². The molecule has 1 aromatic heterocycles. The number of hydrogen-bond donors (Lipinski definition) is 2. The highest BCUT2D eigenvalue weighted by molar-refractivity contribution is 7.89. The van der Waals surface area contributed by atoms with Crippen LogP contribution in [0, 0.1) is 11.8 Å². The Labute approximate surface area is 231 Å². The largest absolute Gasteiger partial charge is 0.377 e. The van der Waals surface area contributed by atoms with Crippen LogP contribution < -0.4 is 19.8 Å². The number of anilines is 3. The van der Waals surface area contributed by atoms with Crippen LogP contribution in [0.1, 0.15) is 25.7 Å². The average molecular weight is 547 g/mol. The maximum absolute atomic E-state index is 13.3. The van der Waals surface area contributed by atoms with Crippen molar-refractivity contribution in [1.82, 2.24) is 14.7 Å². The van der Waals surface area contributed by atoms with Crippen LogP contribution in [0.15, 0.2) is 65.6 Å². The number of sulfonamides is 1. The first-order chi connectivity index (χ1) is 18.7. The fourth-order valence-electron chi connectivity index (χ4n) is 5.55. The lowest BCUT2D eigenvalue weighted by Gasteiger charge is -2.29. The minimum Gasteiger partial charge on any atom is -0.377 e. The number of rotatable bonds is 9. The van der Waals surface area contributed by atoms with Crippen LogP contribution in [0.25, 0.3) is 21.7 Å². The van der Waals surface area contributed by atoms with Gasteiger partial charge in [-0.25, -0.2) is 18.1 Å². The SMILES string of the molecule is CN(C)c1nc(NCC2CCC(CNS(=O)(=O)c3cccc4c(N(C)C)cccc34)CC2)nc2ccccc12. The summed E-state index contributed by atoms with van der Waals surface area (Å²) in [5.74, 6) is 2.40. The second-order valence-corrected chi connectivity index (χ2v) is 12.7. The molecule has 9 heteroatoms. The number of nitrogens with one attached hydrogen (secondary N) is 2. The predicted octanol–water partition coefficient (Wildman–Crippen LogP) is 5.11. The van der Waals surface area contributed by atoms with E-state index in [2.05, 4.69) is 10.0 Å². The summed E-state index contributed by atoms with van der Waals surface area (Å²) in [5, 5.41) is 6.19. The van der Waals surface area contributed by atoms with Crippen molar-refractivity contribution in [2.24, 2.45) is 11.8 Å². The van der Waals surface area contributed by atoms with E-state index in [0.29, 0.717) is 29.2 Å². The van der Waals surface area contributed by atoms with E-state index in [-0.39, 0.29) is 0 Å². The molecule has 0 aliphatic heterocycles. The van der Waals surface area contributed by atoms with Gasteiger partial charge in [-0.1, -0.05) is 36.4 Å². The lowest BCUT2D eigenvalue weighted by atomic mass is 9.82. The van der Waals surface area contributed by atoms with Crippen molar-refractivity contribution in [2.45, 2.75) is 30.6 Å². The number of para-hydroxylation sites is 1. The Kier molecular flexibility index (Phi) is 7.91. The molecule has 8 nitrogen and oxygen atoms in total. The summed E-state index contributed by atoms with van der Waals surface area (Å²) in [6.07, 6.45) is 4.09. The monoisotopic (exact) mass is 546 g/mol. The fraction of sp³-hybridized carbons (Fsp3) is 0.400. The van der Waals surface area contributed by atoms with Crippen LogP contribution in [0.2, 0.25) is 0 Å². The van der Waals surface area contributed by atoms with E-state index in [0.717, 1.165) is 65.4 Å². The summed E-state index contributed by atoms with van der Waals surface area (Å²) in [6, 6.07) is 19.4. The Morgan fingerprint density at radius 2 is 1.38 bits per heavy atom. The van der Waals surface area contributed by atoms with Crippen LogP contribution >= 0.6 is 0 Å². The molecule has 0 radical (unpaired) electrons. The van der Waals surface area contributed by atoms with Gasteiger partial charge in [-0.15, -0.1) is 0 Å². The standard InChI is InChI=1S/C30H38N6O2S/c1-35(2)27-13-7-11-24-23(27)10-8-14-28(24)39(37,38)32-20-22-17-15-21(16-18-22)19-31-30-33-26-12-6-5-9-25(26)29(34-30)36(3)4/h5-14,21-22,32H,15-20H2,1-4H3,(H,31,33,34). The molecule has 1 saturated carbocycles. The average Bonchev–Trinajstić information content (AvgIpc) is 2.94. The fourth-order valence-corrected chi connectivity index (χ4v) is 6.89. The van der Waals surface area contributed by atoms with Crippen LogP contribution in [0.3, 0.4) is 0 Å². The summed E-state index contributed by atoms with van der Waals surface area (Å²) < 4.78 is 29.5. The van der Waals surface area contributed by atoms with Crippen LogP contribution in [0.5, 0.6) is 0 Å². The van der Waals surface area contributed by atoms with Gasteiger partial charge < -0.3 is 15.1 Å². The molecule has 1 aliphatic carbocycles. The van der Waals surface area contributed by atoms with Gasteiger partial charge in [-0.3, -0.25) is 0 Å². The summed E-state index contributed by atoms with van der Waals surface area (Å²) in [5.41, 5.74) is 1.93. The minimum atomic E-state index is -3.62. The summed E-state index contributed by atoms with van der Waals surface area (Å²) in [4.78, 5) is 13.8.